The van der Waals surface area contributed by atoms with Gasteiger partial charge in [-0.05, 0) is 41.8 Å². The molecular formula is C32H40O8. The van der Waals surface area contributed by atoms with E-state index in [0.717, 1.165) is 29.5 Å². The second-order valence-corrected chi connectivity index (χ2v) is 9.84. The summed E-state index contributed by atoms with van der Waals surface area (Å²) < 4.78 is 33.2. The van der Waals surface area contributed by atoms with Crippen molar-refractivity contribution in [2.24, 2.45) is 5.92 Å². The van der Waals surface area contributed by atoms with Crippen molar-refractivity contribution >= 4 is 11.9 Å². The van der Waals surface area contributed by atoms with E-state index in [4.69, 9.17) is 28.4 Å². The average molecular weight is 553 g/mol. The molecule has 1 aliphatic rings. The van der Waals surface area contributed by atoms with Crippen molar-refractivity contribution in [2.45, 2.75) is 45.3 Å². The Morgan fingerprint density at radius 2 is 1.40 bits per heavy atom. The molecule has 0 bridgehead atoms. The van der Waals surface area contributed by atoms with Crippen LogP contribution in [0.5, 0.6) is 11.5 Å². The van der Waals surface area contributed by atoms with Crippen molar-refractivity contribution in [1.29, 1.82) is 0 Å². The number of unbranched alkanes of at least 4 members (excludes halogenated alkanes) is 3. The van der Waals surface area contributed by atoms with Crippen LogP contribution in [-0.4, -0.2) is 52.6 Å². The molecule has 0 unspecified atom stereocenters. The lowest BCUT2D eigenvalue weighted by Crippen LogP contribution is -2.27. The highest BCUT2D eigenvalue weighted by Gasteiger charge is 2.26. The van der Waals surface area contributed by atoms with Crippen molar-refractivity contribution in [1.82, 2.24) is 0 Å². The van der Waals surface area contributed by atoms with E-state index >= 15 is 0 Å². The normalized spacial score (nSPS) is 16.8. The summed E-state index contributed by atoms with van der Waals surface area (Å²) >= 11 is 0. The van der Waals surface area contributed by atoms with E-state index in [2.05, 4.69) is 20.1 Å². The first kappa shape index (κ1) is 31.2. The highest BCUT2D eigenvalue weighted by Crippen LogP contribution is 2.37. The summed E-state index contributed by atoms with van der Waals surface area (Å²) in [7, 11) is 2.98. The fourth-order valence-corrected chi connectivity index (χ4v) is 4.34. The largest absolute Gasteiger partial charge is 0.423 e. The summed E-state index contributed by atoms with van der Waals surface area (Å²) in [5.74, 6) is -0.0520. The molecule has 216 valence electrons. The zero-order chi connectivity index (χ0) is 28.9. The third kappa shape index (κ3) is 9.13. The maximum atomic E-state index is 12.4. The Balaban J connectivity index is 1.80. The molecule has 0 atom stereocenters. The van der Waals surface area contributed by atoms with Crippen molar-refractivity contribution in [3.8, 4) is 22.6 Å². The van der Waals surface area contributed by atoms with Gasteiger partial charge in [0, 0.05) is 25.7 Å². The van der Waals surface area contributed by atoms with Gasteiger partial charge in [-0.3, -0.25) is 0 Å². The summed E-state index contributed by atoms with van der Waals surface area (Å²) in [6, 6.07) is 12.4. The highest BCUT2D eigenvalue weighted by molar-refractivity contribution is 5.90. The van der Waals surface area contributed by atoms with Gasteiger partial charge >= 0.3 is 11.9 Å². The summed E-state index contributed by atoms with van der Waals surface area (Å²) in [4.78, 5) is 24.6. The van der Waals surface area contributed by atoms with Gasteiger partial charge in [-0.2, -0.15) is 0 Å². The molecule has 1 aliphatic heterocycles. The Morgan fingerprint density at radius 1 is 0.825 bits per heavy atom. The molecule has 0 aromatic heterocycles. The third-order valence-electron chi connectivity index (χ3n) is 6.51. The summed E-state index contributed by atoms with van der Waals surface area (Å²) in [6.07, 6.45) is 5.26. The van der Waals surface area contributed by atoms with Crippen LogP contribution in [0.4, 0.5) is 0 Å². The quantitative estimate of drug-likeness (QED) is 0.112. The first-order valence-corrected chi connectivity index (χ1v) is 13.6. The minimum Gasteiger partial charge on any atom is -0.423 e. The van der Waals surface area contributed by atoms with Gasteiger partial charge in [-0.25, -0.2) is 9.59 Å². The molecule has 2 aromatic carbocycles. The number of hydrogen-bond acceptors (Lipinski definition) is 8. The lowest BCUT2D eigenvalue weighted by atomic mass is 9.97. The minimum absolute atomic E-state index is 0.0774. The molecule has 1 heterocycles. The van der Waals surface area contributed by atoms with Crippen LogP contribution in [0.15, 0.2) is 66.8 Å². The SMILES string of the molecule is C=C(COC)C(=O)Oc1ccc(-c2ccc(OC(=O)C(=C)COC)cc2C2OCC(CCCCCC)CO2)cc1. The van der Waals surface area contributed by atoms with Crippen LogP contribution in [0.1, 0.15) is 50.9 Å². The maximum Gasteiger partial charge on any atom is 0.341 e. The number of benzene rings is 2. The molecule has 40 heavy (non-hydrogen) atoms. The first-order valence-electron chi connectivity index (χ1n) is 13.6. The molecule has 8 nitrogen and oxygen atoms in total. The molecule has 8 heteroatoms. The maximum absolute atomic E-state index is 12.4. The van der Waals surface area contributed by atoms with Crippen LogP contribution in [-0.2, 0) is 28.5 Å². The van der Waals surface area contributed by atoms with E-state index in [0.29, 0.717) is 30.6 Å². The molecule has 0 aliphatic carbocycles. The molecule has 0 amide bonds. The highest BCUT2D eigenvalue weighted by atomic mass is 16.7. The molecule has 3 rings (SSSR count). The van der Waals surface area contributed by atoms with Gasteiger partial charge in [0.2, 0.25) is 0 Å². The molecule has 0 spiro atoms. The number of carbonyl (C=O) groups is 2. The number of hydrogen-bond donors (Lipinski definition) is 0. The van der Waals surface area contributed by atoms with Crippen molar-refractivity contribution < 1.29 is 38.0 Å². The monoisotopic (exact) mass is 552 g/mol. The van der Waals surface area contributed by atoms with Crippen LogP contribution in [0.2, 0.25) is 0 Å². The molecule has 1 saturated heterocycles. The van der Waals surface area contributed by atoms with Gasteiger partial charge in [-0.1, -0.05) is 64.0 Å². The van der Waals surface area contributed by atoms with Gasteiger partial charge in [0.15, 0.2) is 6.29 Å². The minimum atomic E-state index is -0.627. The molecule has 0 N–H and O–H groups in total. The Kier molecular flexibility index (Phi) is 12.6. The van der Waals surface area contributed by atoms with Crippen LogP contribution in [0.3, 0.4) is 0 Å². The second kappa shape index (κ2) is 16.1. The van der Waals surface area contributed by atoms with E-state index in [-0.39, 0.29) is 24.4 Å². The van der Waals surface area contributed by atoms with E-state index in [1.54, 1.807) is 24.3 Å². The van der Waals surface area contributed by atoms with Gasteiger partial charge in [-0.15, -0.1) is 0 Å². The van der Waals surface area contributed by atoms with Gasteiger partial charge in [0.25, 0.3) is 0 Å². The smallest absolute Gasteiger partial charge is 0.341 e. The molecule has 1 fully saturated rings. The van der Waals surface area contributed by atoms with Crippen molar-refractivity contribution in [3.63, 3.8) is 0 Å². The molecule has 2 aromatic rings. The predicted octanol–water partition coefficient (Wildman–Crippen LogP) is 6.20. The average Bonchev–Trinajstić information content (AvgIpc) is 2.96. The van der Waals surface area contributed by atoms with Gasteiger partial charge in [0.1, 0.15) is 11.5 Å². The topological polar surface area (TPSA) is 89.5 Å². The summed E-state index contributed by atoms with van der Waals surface area (Å²) in [5.41, 5.74) is 2.85. The van der Waals surface area contributed by atoms with E-state index in [1.165, 1.54) is 33.5 Å². The van der Waals surface area contributed by atoms with E-state index < -0.39 is 18.2 Å². The zero-order valence-corrected chi connectivity index (χ0v) is 23.7. The summed E-state index contributed by atoms with van der Waals surface area (Å²) in [6.45, 7) is 10.9. The van der Waals surface area contributed by atoms with Gasteiger partial charge in [0.05, 0.1) is 37.6 Å². The number of carbonyl (C=O) groups excluding carboxylic acids is 2. The van der Waals surface area contributed by atoms with Crippen LogP contribution >= 0.6 is 0 Å². The standard InChI is InChI=1S/C32H40O8/c1-6-7-8-9-10-24-20-37-32(38-21-24)29-17-27(40-31(34)23(3)19-36-5)15-16-28(29)25-11-13-26(14-12-25)39-30(33)22(2)18-35-4/h11-17,24,32H,2-3,6-10,18-21H2,1,4-5H3. The Bertz CT molecular complexity index is 1150. The Morgan fingerprint density at radius 3 is 1.98 bits per heavy atom. The zero-order valence-electron chi connectivity index (χ0n) is 23.7. The van der Waals surface area contributed by atoms with E-state index in [9.17, 15) is 9.59 Å². The van der Waals surface area contributed by atoms with Crippen LogP contribution in [0.25, 0.3) is 11.1 Å². The lowest BCUT2D eigenvalue weighted by Gasteiger charge is -2.31. The Hall–Kier alpha value is -3.30. The number of ether oxygens (including phenoxy) is 6. The number of rotatable bonds is 15. The molecule has 0 saturated carbocycles. The number of esters is 2. The third-order valence-corrected chi connectivity index (χ3v) is 6.51. The predicted molar refractivity (Wildman–Crippen MR) is 152 cm³/mol. The Labute approximate surface area is 236 Å². The molecule has 0 radical (unpaired) electrons. The van der Waals surface area contributed by atoms with Crippen LogP contribution in [0, 0.1) is 5.92 Å². The fraction of sp³-hybridized carbons (Fsp3) is 0.438. The summed E-state index contributed by atoms with van der Waals surface area (Å²) in [5, 5.41) is 0. The fourth-order valence-electron chi connectivity index (χ4n) is 4.34. The number of methoxy groups -OCH3 is 2. The lowest BCUT2D eigenvalue weighted by molar-refractivity contribution is -0.205. The second-order valence-electron chi connectivity index (χ2n) is 9.84. The molecular weight excluding hydrogens is 512 g/mol. The first-order chi connectivity index (χ1) is 19.4. The van der Waals surface area contributed by atoms with Crippen molar-refractivity contribution in [3.05, 3.63) is 72.3 Å². The van der Waals surface area contributed by atoms with Crippen LogP contribution < -0.4 is 9.47 Å². The van der Waals surface area contributed by atoms with Gasteiger partial charge < -0.3 is 28.4 Å². The van der Waals surface area contributed by atoms with Crippen molar-refractivity contribution in [2.75, 3.05) is 40.6 Å². The van der Waals surface area contributed by atoms with E-state index in [1.807, 2.05) is 18.2 Å².